The van der Waals surface area contributed by atoms with Crippen LogP contribution in [0.2, 0.25) is 0 Å². The summed E-state index contributed by atoms with van der Waals surface area (Å²) in [6.07, 6.45) is 0. The average molecular weight is 318 g/mol. The lowest BCUT2D eigenvalue weighted by Crippen LogP contribution is -2.13. The molecule has 0 saturated carbocycles. The highest BCUT2D eigenvalue weighted by molar-refractivity contribution is 6.03. The van der Waals surface area contributed by atoms with Gasteiger partial charge in [0.15, 0.2) is 11.6 Å². The molecule has 0 fully saturated rings. The molecule has 1 heterocycles. The highest BCUT2D eigenvalue weighted by atomic mass is 16.1. The quantitative estimate of drug-likeness (QED) is 0.760. The molecule has 0 saturated heterocycles. The van der Waals surface area contributed by atoms with Gasteiger partial charge in [0, 0.05) is 11.3 Å². The third-order valence-corrected chi connectivity index (χ3v) is 3.51. The Morgan fingerprint density at radius 3 is 2.21 bits per heavy atom. The lowest BCUT2D eigenvalue weighted by atomic mass is 10.1. The van der Waals surface area contributed by atoms with E-state index in [2.05, 4.69) is 20.8 Å². The fourth-order valence-corrected chi connectivity index (χ4v) is 2.23. The number of hydrogen-bond acceptors (Lipinski definition) is 4. The summed E-state index contributed by atoms with van der Waals surface area (Å²) in [6.45, 7) is 3.98. The zero-order valence-electron chi connectivity index (χ0n) is 13.6. The number of nitrogens with one attached hydrogen (secondary N) is 2. The van der Waals surface area contributed by atoms with Gasteiger partial charge < -0.3 is 10.6 Å². The maximum Gasteiger partial charge on any atom is 0.256 e. The van der Waals surface area contributed by atoms with Crippen LogP contribution in [0, 0.1) is 13.8 Å². The molecule has 24 heavy (non-hydrogen) atoms. The van der Waals surface area contributed by atoms with Crippen LogP contribution in [0.1, 0.15) is 21.5 Å². The van der Waals surface area contributed by atoms with Crippen molar-refractivity contribution in [3.05, 3.63) is 77.4 Å². The number of rotatable bonds is 4. The molecule has 0 aliphatic heterocycles. The number of anilines is 3. The van der Waals surface area contributed by atoms with Gasteiger partial charge in [-0.2, -0.15) is 0 Å². The van der Waals surface area contributed by atoms with Crippen LogP contribution < -0.4 is 10.6 Å². The number of carbonyl (C=O) groups excluding carboxylic acids is 1. The summed E-state index contributed by atoms with van der Waals surface area (Å²) in [6, 6.07) is 18.9. The first-order chi connectivity index (χ1) is 11.6. The largest absolute Gasteiger partial charge is 0.339 e. The first-order valence-electron chi connectivity index (χ1n) is 7.65. The normalized spacial score (nSPS) is 10.2. The molecule has 5 heteroatoms. The number of aryl methyl sites for hydroxylation is 2. The molecular formula is C19H18N4O. The van der Waals surface area contributed by atoms with Crippen molar-refractivity contribution in [3.63, 3.8) is 0 Å². The van der Waals surface area contributed by atoms with Crippen molar-refractivity contribution in [2.24, 2.45) is 0 Å². The summed E-state index contributed by atoms with van der Waals surface area (Å²) < 4.78 is 0. The minimum atomic E-state index is -0.202. The molecule has 1 amide bonds. The van der Waals surface area contributed by atoms with E-state index in [1.165, 1.54) is 5.56 Å². The highest BCUT2D eigenvalue weighted by Gasteiger charge is 2.07. The topological polar surface area (TPSA) is 66.9 Å². The van der Waals surface area contributed by atoms with E-state index in [4.69, 9.17) is 0 Å². The van der Waals surface area contributed by atoms with Crippen LogP contribution in [0.15, 0.2) is 60.7 Å². The standard InChI is InChI=1S/C19H18N4O/c1-13-6-8-16(9-7-13)20-17-10-11-18(23-22-17)21-19(24)15-5-3-4-14(2)12-15/h3-12H,1-2H3,(H,20,22)(H,21,23,24). The van der Waals surface area contributed by atoms with E-state index >= 15 is 0 Å². The number of benzene rings is 2. The Morgan fingerprint density at radius 1 is 0.833 bits per heavy atom. The van der Waals surface area contributed by atoms with Gasteiger partial charge in [-0.05, 0) is 50.2 Å². The van der Waals surface area contributed by atoms with E-state index in [1.807, 2.05) is 56.3 Å². The minimum Gasteiger partial charge on any atom is -0.339 e. The Bertz CT molecular complexity index is 842. The van der Waals surface area contributed by atoms with Crippen LogP contribution in [-0.4, -0.2) is 16.1 Å². The van der Waals surface area contributed by atoms with Gasteiger partial charge in [-0.25, -0.2) is 0 Å². The van der Waals surface area contributed by atoms with E-state index in [0.717, 1.165) is 11.3 Å². The third-order valence-electron chi connectivity index (χ3n) is 3.51. The van der Waals surface area contributed by atoms with Crippen LogP contribution >= 0.6 is 0 Å². The molecule has 0 atom stereocenters. The fourth-order valence-electron chi connectivity index (χ4n) is 2.23. The minimum absolute atomic E-state index is 0.202. The molecular weight excluding hydrogens is 300 g/mol. The summed E-state index contributed by atoms with van der Waals surface area (Å²) >= 11 is 0. The van der Waals surface area contributed by atoms with E-state index in [0.29, 0.717) is 17.2 Å². The lowest BCUT2D eigenvalue weighted by Gasteiger charge is -2.07. The molecule has 0 bridgehead atoms. The third kappa shape index (κ3) is 3.95. The molecule has 0 aliphatic rings. The van der Waals surface area contributed by atoms with Gasteiger partial charge in [0.05, 0.1) is 0 Å². The van der Waals surface area contributed by atoms with Gasteiger partial charge in [-0.15, -0.1) is 10.2 Å². The molecule has 3 aromatic rings. The molecule has 2 N–H and O–H groups in total. The number of carbonyl (C=O) groups is 1. The van der Waals surface area contributed by atoms with Crippen LogP contribution in [0.25, 0.3) is 0 Å². The van der Waals surface area contributed by atoms with Gasteiger partial charge in [0.25, 0.3) is 5.91 Å². The molecule has 0 unspecified atom stereocenters. The second-order valence-electron chi connectivity index (χ2n) is 5.62. The van der Waals surface area contributed by atoms with Crippen LogP contribution in [0.4, 0.5) is 17.3 Å². The zero-order chi connectivity index (χ0) is 16.9. The molecule has 2 aromatic carbocycles. The van der Waals surface area contributed by atoms with Crippen molar-refractivity contribution in [1.29, 1.82) is 0 Å². The maximum absolute atomic E-state index is 12.2. The number of nitrogens with zero attached hydrogens (tertiary/aromatic N) is 2. The Morgan fingerprint density at radius 2 is 1.54 bits per heavy atom. The Balaban J connectivity index is 1.66. The van der Waals surface area contributed by atoms with Crippen molar-refractivity contribution in [3.8, 4) is 0 Å². The molecule has 3 rings (SSSR count). The highest BCUT2D eigenvalue weighted by Crippen LogP contribution is 2.15. The molecule has 0 radical (unpaired) electrons. The van der Waals surface area contributed by atoms with Gasteiger partial charge in [0.2, 0.25) is 0 Å². The van der Waals surface area contributed by atoms with E-state index in [-0.39, 0.29) is 5.91 Å². The number of aromatic nitrogens is 2. The Kier molecular flexibility index (Phi) is 4.52. The summed E-state index contributed by atoms with van der Waals surface area (Å²) in [5.41, 5.74) is 3.76. The predicted molar refractivity (Wildman–Crippen MR) is 95.6 cm³/mol. The first kappa shape index (κ1) is 15.7. The smallest absolute Gasteiger partial charge is 0.256 e. The average Bonchev–Trinajstić information content (AvgIpc) is 2.59. The van der Waals surface area contributed by atoms with Crippen molar-refractivity contribution < 1.29 is 4.79 Å². The van der Waals surface area contributed by atoms with Gasteiger partial charge in [-0.3, -0.25) is 4.79 Å². The Labute approximate surface area is 140 Å². The second-order valence-corrected chi connectivity index (χ2v) is 5.62. The Hall–Kier alpha value is -3.21. The molecule has 0 spiro atoms. The van der Waals surface area contributed by atoms with Crippen molar-refractivity contribution in [2.75, 3.05) is 10.6 Å². The van der Waals surface area contributed by atoms with E-state index < -0.39 is 0 Å². The molecule has 1 aromatic heterocycles. The van der Waals surface area contributed by atoms with Crippen LogP contribution in [0.5, 0.6) is 0 Å². The summed E-state index contributed by atoms with van der Waals surface area (Å²) in [5, 5.41) is 14.0. The first-order valence-corrected chi connectivity index (χ1v) is 7.65. The fraction of sp³-hybridized carbons (Fsp3) is 0.105. The van der Waals surface area contributed by atoms with Gasteiger partial charge >= 0.3 is 0 Å². The summed E-state index contributed by atoms with van der Waals surface area (Å²) in [4.78, 5) is 12.2. The summed E-state index contributed by atoms with van der Waals surface area (Å²) in [5.74, 6) is 0.829. The predicted octanol–water partition coefficient (Wildman–Crippen LogP) is 4.09. The molecule has 120 valence electrons. The van der Waals surface area contributed by atoms with Crippen molar-refractivity contribution >= 4 is 23.2 Å². The SMILES string of the molecule is Cc1ccc(Nc2ccc(NC(=O)c3cccc(C)c3)nn2)cc1. The number of amides is 1. The van der Waals surface area contributed by atoms with Crippen LogP contribution in [-0.2, 0) is 0 Å². The molecule has 0 aliphatic carbocycles. The van der Waals surface area contributed by atoms with E-state index in [1.54, 1.807) is 18.2 Å². The van der Waals surface area contributed by atoms with E-state index in [9.17, 15) is 4.79 Å². The second kappa shape index (κ2) is 6.91. The van der Waals surface area contributed by atoms with Crippen molar-refractivity contribution in [1.82, 2.24) is 10.2 Å². The monoisotopic (exact) mass is 318 g/mol. The van der Waals surface area contributed by atoms with Crippen molar-refractivity contribution in [2.45, 2.75) is 13.8 Å². The maximum atomic E-state index is 12.2. The zero-order valence-corrected chi connectivity index (χ0v) is 13.6. The lowest BCUT2D eigenvalue weighted by molar-refractivity contribution is 0.102. The van der Waals surface area contributed by atoms with Crippen LogP contribution in [0.3, 0.4) is 0 Å². The van der Waals surface area contributed by atoms with Gasteiger partial charge in [-0.1, -0.05) is 35.4 Å². The number of hydrogen-bond donors (Lipinski definition) is 2. The molecule has 5 nitrogen and oxygen atoms in total. The van der Waals surface area contributed by atoms with Gasteiger partial charge in [0.1, 0.15) is 0 Å². The summed E-state index contributed by atoms with van der Waals surface area (Å²) in [7, 11) is 0.